The number of carbonyl (C=O) groups excluding carboxylic acids is 3. The van der Waals surface area contributed by atoms with Crippen molar-refractivity contribution in [3.8, 4) is 0 Å². The minimum Gasteiger partial charge on any atom is -0.481 e. The number of benzene rings is 3. The number of amides is 3. The fraction of sp³-hybridized carbons (Fsp3) is 0.343. The molecule has 49 heavy (non-hydrogen) atoms. The zero-order valence-corrected chi connectivity index (χ0v) is 28.4. The molecule has 5 atom stereocenters. The van der Waals surface area contributed by atoms with E-state index < -0.39 is 54.8 Å². The molecule has 1 heterocycles. The summed E-state index contributed by atoms with van der Waals surface area (Å²) in [5, 5.41) is 19.2. The Balaban J connectivity index is 1.61. The van der Waals surface area contributed by atoms with Crippen molar-refractivity contribution in [1.82, 2.24) is 25.9 Å². The maximum atomic E-state index is 14.0. The van der Waals surface area contributed by atoms with Crippen molar-refractivity contribution in [2.24, 2.45) is 5.92 Å². The first-order chi connectivity index (χ1) is 23.3. The van der Waals surface area contributed by atoms with Gasteiger partial charge in [0, 0.05) is 24.7 Å². The molecule has 6 N–H and O–H groups in total. The van der Waals surface area contributed by atoms with E-state index in [0.717, 1.165) is 28.8 Å². The maximum Gasteiger partial charge on any atom is 0.408 e. The van der Waals surface area contributed by atoms with Gasteiger partial charge in [-0.15, -0.1) is 0 Å². The lowest BCUT2D eigenvalue weighted by atomic mass is 9.98. The molecule has 3 aromatic carbocycles. The summed E-state index contributed by atoms with van der Waals surface area (Å²) in [5.41, 5.74) is 0.344. The highest BCUT2D eigenvalue weighted by molar-refractivity contribution is 7.60. The Morgan fingerprint density at radius 2 is 1.51 bits per heavy atom. The summed E-state index contributed by atoms with van der Waals surface area (Å²) in [7, 11) is -4.48. The predicted molar refractivity (Wildman–Crippen MR) is 184 cm³/mol. The quantitative estimate of drug-likeness (QED) is 0.0924. The Kier molecular flexibility index (Phi) is 12.7. The van der Waals surface area contributed by atoms with Gasteiger partial charge >= 0.3 is 12.1 Å². The standard InChI is InChI=1S/C35H42N5O8P/c1-22(2)16-31(49(46,47)23(3)34(43)44)40-33(42)30(18-27-19-36-21-37-27)38-32(41)29(39-35(45)48-20-24-10-5-4-6-11-24)17-26-14-9-13-25-12-7-8-15-28(25)26/h4-15,19,21-23,29-31H,16-18,20H2,1-3H3,(H,36,37)(H,38,41)(H,39,45)(H,40,42)(H,43,44)(H,46,47)/t23?,29-,30+,31?/m1/s1. The summed E-state index contributed by atoms with van der Waals surface area (Å²) in [4.78, 5) is 70.3. The second-order valence-electron chi connectivity index (χ2n) is 12.3. The highest BCUT2D eigenvalue weighted by Crippen LogP contribution is 2.52. The number of hydrogen-bond acceptors (Lipinski definition) is 7. The number of alkyl carbamates (subject to hydrolysis) is 1. The van der Waals surface area contributed by atoms with Crippen molar-refractivity contribution in [3.63, 3.8) is 0 Å². The van der Waals surface area contributed by atoms with Crippen LogP contribution in [0.1, 0.15) is 44.0 Å². The average Bonchev–Trinajstić information content (AvgIpc) is 3.59. The van der Waals surface area contributed by atoms with Crippen molar-refractivity contribution in [1.29, 1.82) is 0 Å². The number of hydrogen-bond donors (Lipinski definition) is 6. The van der Waals surface area contributed by atoms with Crippen molar-refractivity contribution < 1.29 is 38.5 Å². The number of carboxylic acid groups (broad SMARTS) is 1. The number of rotatable bonds is 16. The molecule has 0 fully saturated rings. The smallest absolute Gasteiger partial charge is 0.408 e. The molecule has 14 heteroatoms. The molecule has 3 amide bonds. The van der Waals surface area contributed by atoms with Gasteiger partial charge in [0.05, 0.1) is 6.33 Å². The van der Waals surface area contributed by atoms with Crippen LogP contribution in [-0.2, 0) is 43.1 Å². The van der Waals surface area contributed by atoms with Gasteiger partial charge in [-0.3, -0.25) is 18.9 Å². The van der Waals surface area contributed by atoms with Gasteiger partial charge in [-0.25, -0.2) is 9.78 Å². The Labute approximate surface area is 284 Å². The fourth-order valence-corrected chi connectivity index (χ4v) is 7.24. The molecule has 0 saturated heterocycles. The molecule has 0 aliphatic heterocycles. The summed E-state index contributed by atoms with van der Waals surface area (Å²) in [6, 6.07) is 19.7. The lowest BCUT2D eigenvalue weighted by molar-refractivity contribution is -0.136. The third kappa shape index (κ3) is 10.2. The number of aromatic nitrogens is 2. The number of H-pyrrole nitrogens is 1. The molecule has 13 nitrogen and oxygen atoms in total. The van der Waals surface area contributed by atoms with Crippen LogP contribution in [0.25, 0.3) is 10.8 Å². The third-order valence-corrected chi connectivity index (χ3v) is 10.7. The van der Waals surface area contributed by atoms with Crippen molar-refractivity contribution in [2.75, 3.05) is 0 Å². The Hall–Kier alpha value is -5.00. The number of carbonyl (C=O) groups is 4. The van der Waals surface area contributed by atoms with Crippen molar-refractivity contribution >= 4 is 42.0 Å². The molecule has 0 aliphatic carbocycles. The lowest BCUT2D eigenvalue weighted by Gasteiger charge is -2.30. The molecular formula is C35H42N5O8P. The zero-order valence-electron chi connectivity index (χ0n) is 27.5. The Morgan fingerprint density at radius 3 is 2.18 bits per heavy atom. The third-order valence-electron chi connectivity index (χ3n) is 8.10. The van der Waals surface area contributed by atoms with E-state index in [0.29, 0.717) is 5.69 Å². The number of nitrogens with zero attached hydrogens (tertiary/aromatic N) is 1. The van der Waals surface area contributed by atoms with Gasteiger partial charge in [-0.2, -0.15) is 0 Å². The van der Waals surface area contributed by atoms with Gasteiger partial charge < -0.3 is 35.7 Å². The molecule has 0 saturated carbocycles. The molecule has 4 aromatic rings. The van der Waals surface area contributed by atoms with Crippen LogP contribution in [0.4, 0.5) is 4.79 Å². The number of fused-ring (bicyclic) bond motifs is 1. The van der Waals surface area contributed by atoms with E-state index in [4.69, 9.17) is 4.74 Å². The first kappa shape index (κ1) is 36.8. The molecule has 0 bridgehead atoms. The molecular weight excluding hydrogens is 649 g/mol. The summed E-state index contributed by atoms with van der Waals surface area (Å²) < 4.78 is 18.8. The maximum absolute atomic E-state index is 14.0. The van der Waals surface area contributed by atoms with E-state index in [9.17, 15) is 33.7 Å². The Bertz CT molecular complexity index is 1780. The molecule has 0 aliphatic rings. The minimum absolute atomic E-state index is 0.0143. The SMILES string of the molecule is CC(C)CC(NC(=O)[C@H](Cc1cnc[nH]1)NC(=O)[C@@H](Cc1cccc2ccccc12)NC(=O)OCc1ccccc1)P(=O)(O)C(C)C(=O)O. The summed E-state index contributed by atoms with van der Waals surface area (Å²) in [6.45, 7) is 4.63. The molecule has 0 radical (unpaired) electrons. The summed E-state index contributed by atoms with van der Waals surface area (Å²) in [6.07, 6.45) is 1.99. The van der Waals surface area contributed by atoms with Crippen LogP contribution >= 0.6 is 7.37 Å². The first-order valence-corrected chi connectivity index (χ1v) is 17.7. The number of ether oxygens (including phenoxy) is 1. The highest BCUT2D eigenvalue weighted by Gasteiger charge is 2.42. The second-order valence-corrected chi connectivity index (χ2v) is 15.0. The first-order valence-electron chi connectivity index (χ1n) is 15.9. The van der Waals surface area contributed by atoms with Gasteiger partial charge in [0.2, 0.25) is 19.2 Å². The highest BCUT2D eigenvalue weighted by atomic mass is 31.2. The van der Waals surface area contributed by atoms with Crippen molar-refractivity contribution in [2.45, 2.75) is 70.2 Å². The van der Waals surface area contributed by atoms with Gasteiger partial charge in [-0.1, -0.05) is 86.6 Å². The van der Waals surface area contributed by atoms with Gasteiger partial charge in [0.1, 0.15) is 30.1 Å². The second kappa shape index (κ2) is 16.9. The van der Waals surface area contributed by atoms with E-state index in [1.165, 1.54) is 12.5 Å². The number of imidazole rings is 1. The van der Waals surface area contributed by atoms with E-state index in [1.807, 2.05) is 60.7 Å². The average molecular weight is 692 g/mol. The normalized spacial score (nSPS) is 15.0. The van der Waals surface area contributed by atoms with Crippen LogP contribution in [0.2, 0.25) is 0 Å². The molecule has 0 spiro atoms. The van der Waals surface area contributed by atoms with Gasteiger partial charge in [0.15, 0.2) is 0 Å². The van der Waals surface area contributed by atoms with Crippen LogP contribution < -0.4 is 16.0 Å². The van der Waals surface area contributed by atoms with Crippen LogP contribution in [-0.4, -0.2) is 67.4 Å². The van der Waals surface area contributed by atoms with Crippen LogP contribution in [0.3, 0.4) is 0 Å². The van der Waals surface area contributed by atoms with Crippen LogP contribution in [0.15, 0.2) is 85.3 Å². The van der Waals surface area contributed by atoms with E-state index in [-0.39, 0.29) is 31.8 Å². The van der Waals surface area contributed by atoms with Gasteiger partial charge in [-0.05, 0) is 41.2 Å². The molecule has 1 aromatic heterocycles. The van der Waals surface area contributed by atoms with Crippen LogP contribution in [0.5, 0.6) is 0 Å². The minimum atomic E-state index is -4.48. The summed E-state index contributed by atoms with van der Waals surface area (Å²) >= 11 is 0. The zero-order chi connectivity index (χ0) is 35.6. The van der Waals surface area contributed by atoms with E-state index >= 15 is 0 Å². The van der Waals surface area contributed by atoms with Crippen LogP contribution in [0, 0.1) is 5.92 Å². The largest absolute Gasteiger partial charge is 0.481 e. The van der Waals surface area contributed by atoms with E-state index in [1.54, 1.807) is 26.0 Å². The number of carboxylic acids is 1. The number of aliphatic carboxylic acids is 1. The topological polar surface area (TPSA) is 200 Å². The monoisotopic (exact) mass is 691 g/mol. The van der Waals surface area contributed by atoms with Crippen molar-refractivity contribution in [3.05, 3.63) is 102 Å². The molecule has 260 valence electrons. The fourth-order valence-electron chi connectivity index (χ4n) is 5.35. The molecule has 4 rings (SSSR count). The lowest BCUT2D eigenvalue weighted by Crippen LogP contribution is -2.56. The Morgan fingerprint density at radius 1 is 0.857 bits per heavy atom. The molecule has 3 unspecified atom stereocenters. The summed E-state index contributed by atoms with van der Waals surface area (Å²) in [5.74, 6) is -4.57. The predicted octanol–water partition coefficient (Wildman–Crippen LogP) is 4.36. The van der Waals surface area contributed by atoms with E-state index in [2.05, 4.69) is 25.9 Å². The number of nitrogens with one attached hydrogen (secondary N) is 4. The number of aromatic amines is 1. The van der Waals surface area contributed by atoms with Gasteiger partial charge in [0.25, 0.3) is 0 Å².